The molecule has 0 bridgehead atoms. The highest BCUT2D eigenvalue weighted by atomic mass is 79.9. The third-order valence-corrected chi connectivity index (χ3v) is 3.75. The second-order valence-corrected chi connectivity index (χ2v) is 5.80. The number of aromatic nitrogens is 1. The number of likely N-dealkylation sites (N-methyl/N-ethyl adjacent to an activating group) is 1. The summed E-state index contributed by atoms with van der Waals surface area (Å²) in [5, 5.41) is 2.97. The van der Waals surface area contributed by atoms with Gasteiger partial charge in [0.15, 0.2) is 0 Å². The lowest BCUT2D eigenvalue weighted by Crippen LogP contribution is -2.35. The molecular weight excluding hydrogens is 370 g/mol. The number of carbonyl (C=O) groups is 2. The van der Waals surface area contributed by atoms with Gasteiger partial charge in [-0.3, -0.25) is 9.59 Å². The fourth-order valence-electron chi connectivity index (χ4n) is 1.80. The maximum atomic E-state index is 12.2. The van der Waals surface area contributed by atoms with E-state index in [9.17, 15) is 9.59 Å². The Hall–Kier alpha value is -1.92. The average molecular weight is 383 g/mol. The molecule has 2 aromatic rings. The highest BCUT2D eigenvalue weighted by molar-refractivity contribution is 9.10. The number of rotatable bonds is 4. The van der Waals surface area contributed by atoms with E-state index < -0.39 is 0 Å². The van der Waals surface area contributed by atoms with Crippen molar-refractivity contribution >= 4 is 45.0 Å². The number of hydrogen-bond donors (Lipinski definition) is 1. The topological polar surface area (TPSA) is 62.3 Å². The van der Waals surface area contributed by atoms with E-state index in [1.165, 1.54) is 17.2 Å². The van der Waals surface area contributed by atoms with Crippen LogP contribution in [-0.2, 0) is 4.79 Å². The van der Waals surface area contributed by atoms with Crippen LogP contribution >= 0.6 is 27.5 Å². The average Bonchev–Trinajstić information content (AvgIpc) is 2.48. The van der Waals surface area contributed by atoms with Crippen LogP contribution in [0.5, 0.6) is 0 Å². The molecule has 0 saturated carbocycles. The number of nitrogens with zero attached hydrogens (tertiary/aromatic N) is 2. The molecule has 2 rings (SSSR count). The summed E-state index contributed by atoms with van der Waals surface area (Å²) >= 11 is 9.11. The highest BCUT2D eigenvalue weighted by Gasteiger charge is 2.16. The smallest absolute Gasteiger partial charge is 0.254 e. The zero-order chi connectivity index (χ0) is 16.1. The van der Waals surface area contributed by atoms with Gasteiger partial charge < -0.3 is 10.2 Å². The molecular formula is C15H13BrClN3O2. The molecule has 1 N–H and O–H groups in total. The summed E-state index contributed by atoms with van der Waals surface area (Å²) < 4.78 is 0.776. The zero-order valence-corrected chi connectivity index (χ0v) is 14.1. The number of amides is 2. The molecule has 0 aliphatic carbocycles. The molecule has 1 aromatic heterocycles. The Bertz CT molecular complexity index is 709. The van der Waals surface area contributed by atoms with E-state index in [0.29, 0.717) is 11.3 Å². The molecule has 0 aliphatic heterocycles. The molecule has 0 fully saturated rings. The Morgan fingerprint density at radius 2 is 2.05 bits per heavy atom. The molecule has 7 heteroatoms. The minimum absolute atomic E-state index is 0.0693. The van der Waals surface area contributed by atoms with Crippen molar-refractivity contribution in [2.24, 2.45) is 0 Å². The van der Waals surface area contributed by atoms with E-state index in [1.54, 1.807) is 19.2 Å². The SMILES string of the molecule is CN(CC(=O)Nc1ccccc1Br)C(=O)c1ccnc(Cl)c1. The van der Waals surface area contributed by atoms with E-state index >= 15 is 0 Å². The monoisotopic (exact) mass is 381 g/mol. The summed E-state index contributed by atoms with van der Waals surface area (Å²) in [5.74, 6) is -0.588. The Kier molecular flexibility index (Phi) is 5.51. The second kappa shape index (κ2) is 7.38. The summed E-state index contributed by atoms with van der Waals surface area (Å²) in [5.41, 5.74) is 1.04. The molecule has 114 valence electrons. The minimum atomic E-state index is -0.299. The fraction of sp³-hybridized carbons (Fsp3) is 0.133. The first-order chi connectivity index (χ1) is 10.5. The maximum absolute atomic E-state index is 12.2. The van der Waals surface area contributed by atoms with Gasteiger partial charge in [0, 0.05) is 23.3 Å². The lowest BCUT2D eigenvalue weighted by Gasteiger charge is -2.17. The normalized spacial score (nSPS) is 10.1. The van der Waals surface area contributed by atoms with Gasteiger partial charge in [-0.2, -0.15) is 0 Å². The van der Waals surface area contributed by atoms with Gasteiger partial charge in [0.1, 0.15) is 5.15 Å². The van der Waals surface area contributed by atoms with E-state index in [4.69, 9.17) is 11.6 Å². The van der Waals surface area contributed by atoms with E-state index in [0.717, 1.165) is 4.47 Å². The molecule has 0 unspecified atom stereocenters. The first-order valence-corrected chi connectivity index (χ1v) is 7.56. The van der Waals surface area contributed by atoms with Crippen LogP contribution in [0.25, 0.3) is 0 Å². The summed E-state index contributed by atoms with van der Waals surface area (Å²) in [6.07, 6.45) is 1.45. The molecule has 0 aliphatic rings. The predicted molar refractivity (Wildman–Crippen MR) is 89.0 cm³/mol. The van der Waals surface area contributed by atoms with Crippen LogP contribution in [0.1, 0.15) is 10.4 Å². The van der Waals surface area contributed by atoms with Gasteiger partial charge in [0.05, 0.1) is 12.2 Å². The summed E-state index contributed by atoms with van der Waals surface area (Å²) in [4.78, 5) is 29.4. The van der Waals surface area contributed by atoms with Crippen molar-refractivity contribution in [1.29, 1.82) is 0 Å². The molecule has 2 amide bonds. The van der Waals surface area contributed by atoms with Gasteiger partial charge in [-0.15, -0.1) is 0 Å². The van der Waals surface area contributed by atoms with E-state index in [2.05, 4.69) is 26.2 Å². The van der Waals surface area contributed by atoms with Crippen LogP contribution in [0.4, 0.5) is 5.69 Å². The quantitative estimate of drug-likeness (QED) is 0.826. The van der Waals surface area contributed by atoms with Crippen molar-refractivity contribution in [3.63, 3.8) is 0 Å². The van der Waals surface area contributed by atoms with Gasteiger partial charge in [0.25, 0.3) is 5.91 Å². The summed E-state index contributed by atoms with van der Waals surface area (Å²) in [6, 6.07) is 10.3. The molecule has 0 spiro atoms. The molecule has 0 radical (unpaired) electrons. The van der Waals surface area contributed by atoms with Gasteiger partial charge in [-0.25, -0.2) is 4.98 Å². The van der Waals surface area contributed by atoms with Crippen molar-refractivity contribution in [3.8, 4) is 0 Å². The van der Waals surface area contributed by atoms with Crippen LogP contribution in [0.3, 0.4) is 0 Å². The fourth-order valence-corrected chi connectivity index (χ4v) is 2.35. The van der Waals surface area contributed by atoms with Crippen LogP contribution in [0.15, 0.2) is 47.1 Å². The van der Waals surface area contributed by atoms with Crippen LogP contribution < -0.4 is 5.32 Å². The third-order valence-electron chi connectivity index (χ3n) is 2.85. The van der Waals surface area contributed by atoms with Crippen molar-refractivity contribution in [3.05, 3.63) is 57.8 Å². The van der Waals surface area contributed by atoms with E-state index in [1.807, 2.05) is 18.2 Å². The number of benzene rings is 1. The van der Waals surface area contributed by atoms with Gasteiger partial charge in [0.2, 0.25) is 5.91 Å². The number of pyridine rings is 1. The number of para-hydroxylation sites is 1. The molecule has 0 saturated heterocycles. The second-order valence-electron chi connectivity index (χ2n) is 4.56. The summed E-state index contributed by atoms with van der Waals surface area (Å²) in [6.45, 7) is -0.0693. The maximum Gasteiger partial charge on any atom is 0.254 e. The Morgan fingerprint density at radius 1 is 1.32 bits per heavy atom. The Labute approximate surface area is 141 Å². The molecule has 0 atom stereocenters. The van der Waals surface area contributed by atoms with Crippen LogP contribution in [0, 0.1) is 0 Å². The highest BCUT2D eigenvalue weighted by Crippen LogP contribution is 2.21. The number of hydrogen-bond acceptors (Lipinski definition) is 3. The predicted octanol–water partition coefficient (Wildman–Crippen LogP) is 3.21. The standard InChI is InChI=1S/C15H13BrClN3O2/c1-20(15(22)10-6-7-18-13(17)8-10)9-14(21)19-12-5-3-2-4-11(12)16/h2-8H,9H2,1H3,(H,19,21). The van der Waals surface area contributed by atoms with Crippen LogP contribution in [-0.4, -0.2) is 35.3 Å². The largest absolute Gasteiger partial charge is 0.332 e. The lowest BCUT2D eigenvalue weighted by molar-refractivity contribution is -0.116. The lowest BCUT2D eigenvalue weighted by atomic mass is 10.2. The first kappa shape index (κ1) is 16.5. The van der Waals surface area contributed by atoms with Crippen molar-refractivity contribution in [1.82, 2.24) is 9.88 Å². The number of carbonyl (C=O) groups excluding carboxylic acids is 2. The number of nitrogens with one attached hydrogen (secondary N) is 1. The Balaban J connectivity index is 1.99. The minimum Gasteiger partial charge on any atom is -0.332 e. The third kappa shape index (κ3) is 4.29. The molecule has 1 aromatic carbocycles. The van der Waals surface area contributed by atoms with Crippen molar-refractivity contribution in [2.45, 2.75) is 0 Å². The first-order valence-electron chi connectivity index (χ1n) is 6.39. The van der Waals surface area contributed by atoms with Crippen molar-refractivity contribution < 1.29 is 9.59 Å². The van der Waals surface area contributed by atoms with Gasteiger partial charge in [-0.05, 0) is 40.2 Å². The number of anilines is 1. The molecule has 22 heavy (non-hydrogen) atoms. The van der Waals surface area contributed by atoms with Crippen molar-refractivity contribution in [2.75, 3.05) is 18.9 Å². The molecule has 1 heterocycles. The van der Waals surface area contributed by atoms with Crippen LogP contribution in [0.2, 0.25) is 5.15 Å². The van der Waals surface area contributed by atoms with Gasteiger partial charge in [-0.1, -0.05) is 23.7 Å². The van der Waals surface area contributed by atoms with E-state index in [-0.39, 0.29) is 23.5 Å². The Morgan fingerprint density at radius 3 is 2.73 bits per heavy atom. The zero-order valence-electron chi connectivity index (χ0n) is 11.7. The number of halogens is 2. The molecule has 5 nitrogen and oxygen atoms in total. The van der Waals surface area contributed by atoms with Gasteiger partial charge >= 0.3 is 0 Å². The summed E-state index contributed by atoms with van der Waals surface area (Å²) in [7, 11) is 1.55.